The molecule has 0 aliphatic rings. The highest BCUT2D eigenvalue weighted by molar-refractivity contribution is 5.38. The fraction of sp³-hybridized carbons (Fsp3) is 0.300. The number of aliphatic hydroxyl groups excluding tert-OH is 1. The zero-order valence-electron chi connectivity index (χ0n) is 13.0. The smallest absolute Gasteiger partial charge is 0.0802 e. The molecule has 114 valence electrons. The molecule has 1 unspecified atom stereocenters. The first kappa shape index (κ1) is 16.3. The molecule has 0 aromatic heterocycles. The summed E-state index contributed by atoms with van der Waals surface area (Å²) in [5.74, 6) is 6.39. The van der Waals surface area contributed by atoms with E-state index in [0.717, 1.165) is 24.0 Å². The second kappa shape index (κ2) is 8.38. The summed E-state index contributed by atoms with van der Waals surface area (Å²) in [4.78, 5) is 0. The van der Waals surface area contributed by atoms with Gasteiger partial charge in [0.2, 0.25) is 0 Å². The second-order valence-corrected chi connectivity index (χ2v) is 5.51. The van der Waals surface area contributed by atoms with Crippen LogP contribution in [0.4, 0.5) is 0 Å². The van der Waals surface area contributed by atoms with Crippen LogP contribution in [0, 0.1) is 18.8 Å². The highest BCUT2D eigenvalue weighted by Crippen LogP contribution is 2.16. The van der Waals surface area contributed by atoms with Crippen LogP contribution in [0.5, 0.6) is 0 Å². The van der Waals surface area contributed by atoms with Gasteiger partial charge in [0, 0.05) is 12.0 Å². The minimum Gasteiger partial charge on any atom is -0.388 e. The van der Waals surface area contributed by atoms with Crippen molar-refractivity contribution in [1.29, 1.82) is 0 Å². The number of hydrogen-bond acceptors (Lipinski definition) is 2. The molecular weight excluding hydrogens is 270 g/mol. The van der Waals surface area contributed by atoms with Gasteiger partial charge in [0.1, 0.15) is 0 Å². The number of aliphatic hydroxyl groups is 1. The van der Waals surface area contributed by atoms with Crippen LogP contribution in [0.15, 0.2) is 48.5 Å². The Labute approximate surface area is 133 Å². The van der Waals surface area contributed by atoms with Crippen LogP contribution >= 0.6 is 0 Å². The van der Waals surface area contributed by atoms with E-state index >= 15 is 0 Å². The lowest BCUT2D eigenvalue weighted by Crippen LogP contribution is -2.06. The third kappa shape index (κ3) is 5.04. The third-order valence-electron chi connectivity index (χ3n) is 3.57. The number of nitrogens with two attached hydrogens (primary N) is 1. The molecule has 2 aromatic rings. The predicted octanol–water partition coefficient (Wildman–Crippen LogP) is 3.36. The molecule has 0 amide bonds. The van der Waals surface area contributed by atoms with E-state index in [1.54, 1.807) is 0 Å². The molecule has 0 radical (unpaired) electrons. The molecule has 0 aliphatic carbocycles. The monoisotopic (exact) mass is 293 g/mol. The van der Waals surface area contributed by atoms with Gasteiger partial charge in [-0.2, -0.15) is 0 Å². The Morgan fingerprint density at radius 1 is 1.14 bits per heavy atom. The Morgan fingerprint density at radius 2 is 1.95 bits per heavy atom. The zero-order chi connectivity index (χ0) is 15.8. The molecule has 2 aromatic carbocycles. The molecule has 0 bridgehead atoms. The van der Waals surface area contributed by atoms with E-state index < -0.39 is 6.10 Å². The third-order valence-corrected chi connectivity index (χ3v) is 3.57. The van der Waals surface area contributed by atoms with Crippen molar-refractivity contribution in [2.75, 3.05) is 6.54 Å². The van der Waals surface area contributed by atoms with Crippen molar-refractivity contribution >= 4 is 0 Å². The van der Waals surface area contributed by atoms with Gasteiger partial charge in [-0.1, -0.05) is 53.8 Å². The van der Waals surface area contributed by atoms with E-state index in [1.165, 1.54) is 11.1 Å². The highest BCUT2D eigenvalue weighted by atomic mass is 16.3. The topological polar surface area (TPSA) is 46.2 Å². The average Bonchev–Trinajstić information content (AvgIpc) is 2.52. The average molecular weight is 293 g/mol. The first-order chi connectivity index (χ1) is 10.7. The van der Waals surface area contributed by atoms with Crippen molar-refractivity contribution < 1.29 is 5.11 Å². The summed E-state index contributed by atoms with van der Waals surface area (Å²) in [6.45, 7) is 2.58. The summed E-state index contributed by atoms with van der Waals surface area (Å²) >= 11 is 0. The number of benzene rings is 2. The lowest BCUT2D eigenvalue weighted by Gasteiger charge is -2.09. The summed E-state index contributed by atoms with van der Waals surface area (Å²) in [7, 11) is 0. The van der Waals surface area contributed by atoms with Gasteiger partial charge >= 0.3 is 0 Å². The van der Waals surface area contributed by atoms with Gasteiger partial charge in [-0.05, 0) is 49.6 Å². The van der Waals surface area contributed by atoms with Crippen LogP contribution < -0.4 is 5.73 Å². The summed E-state index contributed by atoms with van der Waals surface area (Å²) in [5.41, 5.74) is 9.91. The quantitative estimate of drug-likeness (QED) is 0.830. The van der Waals surface area contributed by atoms with Gasteiger partial charge in [0.15, 0.2) is 0 Å². The fourth-order valence-corrected chi connectivity index (χ4v) is 2.39. The zero-order valence-corrected chi connectivity index (χ0v) is 13.0. The highest BCUT2D eigenvalue weighted by Gasteiger charge is 2.05. The van der Waals surface area contributed by atoms with Crippen LogP contribution in [-0.4, -0.2) is 11.7 Å². The Balaban J connectivity index is 1.95. The molecule has 2 rings (SSSR count). The largest absolute Gasteiger partial charge is 0.388 e. The van der Waals surface area contributed by atoms with Crippen molar-refractivity contribution in [2.45, 2.75) is 32.3 Å². The second-order valence-electron chi connectivity index (χ2n) is 5.51. The predicted molar refractivity (Wildman–Crippen MR) is 91.5 cm³/mol. The Morgan fingerprint density at radius 3 is 2.73 bits per heavy atom. The Kier molecular flexibility index (Phi) is 6.21. The van der Waals surface area contributed by atoms with Crippen molar-refractivity contribution in [3.8, 4) is 11.8 Å². The van der Waals surface area contributed by atoms with E-state index in [1.807, 2.05) is 24.3 Å². The molecule has 0 heterocycles. The van der Waals surface area contributed by atoms with Crippen molar-refractivity contribution in [1.82, 2.24) is 0 Å². The SMILES string of the molecule is Cc1cccc(CCC#Cc2cccc(C(O)CCN)c2)c1. The van der Waals surface area contributed by atoms with E-state index in [2.05, 4.69) is 43.0 Å². The van der Waals surface area contributed by atoms with Gasteiger partial charge < -0.3 is 10.8 Å². The Bertz CT molecular complexity index is 667. The summed E-state index contributed by atoms with van der Waals surface area (Å²) < 4.78 is 0. The van der Waals surface area contributed by atoms with E-state index in [0.29, 0.717) is 13.0 Å². The fourth-order valence-electron chi connectivity index (χ4n) is 2.39. The van der Waals surface area contributed by atoms with Crippen molar-refractivity contribution in [2.24, 2.45) is 5.73 Å². The lowest BCUT2D eigenvalue weighted by atomic mass is 10.0. The molecule has 0 saturated carbocycles. The minimum absolute atomic E-state index is 0.480. The van der Waals surface area contributed by atoms with Crippen LogP contribution in [0.2, 0.25) is 0 Å². The van der Waals surface area contributed by atoms with E-state index in [4.69, 9.17) is 5.73 Å². The van der Waals surface area contributed by atoms with Gasteiger partial charge in [-0.15, -0.1) is 0 Å². The minimum atomic E-state index is -0.501. The molecule has 0 aliphatic heterocycles. The van der Waals surface area contributed by atoms with Gasteiger partial charge in [0.05, 0.1) is 6.10 Å². The van der Waals surface area contributed by atoms with Crippen LogP contribution in [-0.2, 0) is 6.42 Å². The van der Waals surface area contributed by atoms with Crippen LogP contribution in [0.3, 0.4) is 0 Å². The molecule has 22 heavy (non-hydrogen) atoms. The number of rotatable bonds is 5. The standard InChI is InChI=1S/C20H23NO/c1-16-6-4-9-17(14-16)7-2-3-8-18-10-5-11-19(15-18)20(22)12-13-21/h4-6,9-11,14-15,20,22H,2,7,12-13,21H2,1H3. The first-order valence-electron chi connectivity index (χ1n) is 7.71. The van der Waals surface area contributed by atoms with Crippen molar-refractivity contribution in [3.63, 3.8) is 0 Å². The molecule has 1 atom stereocenters. The normalized spacial score (nSPS) is 11.6. The molecule has 2 nitrogen and oxygen atoms in total. The lowest BCUT2D eigenvalue weighted by molar-refractivity contribution is 0.170. The van der Waals surface area contributed by atoms with Crippen molar-refractivity contribution in [3.05, 3.63) is 70.8 Å². The molecule has 2 heteroatoms. The van der Waals surface area contributed by atoms with Crippen LogP contribution in [0.25, 0.3) is 0 Å². The molecule has 0 spiro atoms. The maximum atomic E-state index is 9.96. The number of hydrogen-bond donors (Lipinski definition) is 2. The number of aryl methyl sites for hydroxylation is 2. The van der Waals surface area contributed by atoms with Gasteiger partial charge in [0.25, 0.3) is 0 Å². The molecule has 3 N–H and O–H groups in total. The molecule has 0 saturated heterocycles. The summed E-state index contributed by atoms with van der Waals surface area (Å²) in [6, 6.07) is 16.3. The molecular formula is C20H23NO. The van der Waals surface area contributed by atoms with Crippen LogP contribution in [0.1, 0.15) is 41.2 Å². The first-order valence-corrected chi connectivity index (χ1v) is 7.71. The van der Waals surface area contributed by atoms with Gasteiger partial charge in [-0.25, -0.2) is 0 Å². The summed E-state index contributed by atoms with van der Waals surface area (Å²) in [5, 5.41) is 9.96. The van der Waals surface area contributed by atoms with E-state index in [-0.39, 0.29) is 0 Å². The maximum absolute atomic E-state index is 9.96. The maximum Gasteiger partial charge on any atom is 0.0802 e. The van der Waals surface area contributed by atoms with Gasteiger partial charge in [-0.3, -0.25) is 0 Å². The molecule has 0 fully saturated rings. The Hall–Kier alpha value is -2.08. The van der Waals surface area contributed by atoms with E-state index in [9.17, 15) is 5.11 Å². The summed E-state index contributed by atoms with van der Waals surface area (Å²) in [6.07, 6.45) is 1.87.